The monoisotopic (exact) mass is 266 g/mol. The molecule has 0 aliphatic heterocycles. The smallest absolute Gasteiger partial charge is 0.177 e. The molecule has 0 atom stereocenters. The first-order chi connectivity index (χ1) is 9.92. The molecule has 1 aromatic heterocycles. The zero-order chi connectivity index (χ0) is 13.6. The van der Waals surface area contributed by atoms with Crippen LogP contribution in [0.4, 0.5) is 0 Å². The molecule has 3 rings (SSSR count). The Balaban J connectivity index is 1.59. The topological polar surface area (TPSA) is 63.7 Å². The lowest BCUT2D eigenvalue weighted by molar-refractivity contribution is 0.319. The summed E-state index contributed by atoms with van der Waals surface area (Å²) < 4.78 is 5.65. The molecule has 0 saturated carbocycles. The second-order valence-electron chi connectivity index (χ2n) is 4.32. The molecule has 0 spiro atoms. The number of benzene rings is 2. The molecule has 0 bridgehead atoms. The van der Waals surface area contributed by atoms with Gasteiger partial charge < -0.3 is 4.74 Å². The van der Waals surface area contributed by atoms with E-state index >= 15 is 0 Å². The van der Waals surface area contributed by atoms with Gasteiger partial charge in [0.15, 0.2) is 5.82 Å². The summed E-state index contributed by atoms with van der Waals surface area (Å²) in [6.45, 7) is 0.532. The number of rotatable bonds is 5. The Hall–Kier alpha value is -2.69. The highest BCUT2D eigenvalue weighted by Crippen LogP contribution is 2.21. The van der Waals surface area contributed by atoms with Gasteiger partial charge in [-0.05, 0) is 23.3 Å². The number of hydrogen-bond donors (Lipinski definition) is 1. The van der Waals surface area contributed by atoms with Crippen LogP contribution < -0.4 is 4.74 Å². The number of ether oxygens (including phenoxy) is 1. The summed E-state index contributed by atoms with van der Waals surface area (Å²) in [6, 6.07) is 18.3. The Morgan fingerprint density at radius 1 is 0.900 bits per heavy atom. The van der Waals surface area contributed by atoms with Crippen LogP contribution in [0.1, 0.15) is 5.82 Å². The third-order valence-corrected chi connectivity index (χ3v) is 2.95. The number of hydrogen-bond acceptors (Lipinski definition) is 4. The first kappa shape index (κ1) is 12.3. The summed E-state index contributed by atoms with van der Waals surface area (Å²) in [5, 5.41) is 13.7. The van der Waals surface area contributed by atoms with Crippen LogP contribution in [0.15, 0.2) is 54.6 Å². The molecule has 2 aromatic carbocycles. The van der Waals surface area contributed by atoms with E-state index in [-0.39, 0.29) is 0 Å². The Kier molecular flexibility index (Phi) is 3.68. The number of aromatic amines is 1. The van der Waals surface area contributed by atoms with Gasteiger partial charge in [-0.1, -0.05) is 47.7 Å². The highest BCUT2D eigenvalue weighted by Gasteiger charge is 2.00. The minimum Gasteiger partial charge on any atom is -0.493 e. The van der Waals surface area contributed by atoms with Crippen LogP contribution in [-0.2, 0) is 6.42 Å². The SMILES string of the molecule is c1ccc(-c2ccc(OCCc3nn[nH]n3)cc2)cc1. The van der Waals surface area contributed by atoms with Crippen LogP contribution in [0.3, 0.4) is 0 Å². The van der Waals surface area contributed by atoms with Crippen LogP contribution in [-0.4, -0.2) is 27.2 Å². The molecule has 0 radical (unpaired) electrons. The second kappa shape index (κ2) is 5.97. The molecule has 5 nitrogen and oxygen atoms in total. The molecule has 5 heteroatoms. The molecule has 0 saturated heterocycles. The molecule has 0 amide bonds. The van der Waals surface area contributed by atoms with E-state index < -0.39 is 0 Å². The van der Waals surface area contributed by atoms with Crippen molar-refractivity contribution in [2.75, 3.05) is 6.61 Å². The lowest BCUT2D eigenvalue weighted by Crippen LogP contribution is -2.02. The first-order valence-electron chi connectivity index (χ1n) is 6.42. The second-order valence-corrected chi connectivity index (χ2v) is 4.32. The van der Waals surface area contributed by atoms with Gasteiger partial charge in [-0.25, -0.2) is 0 Å². The van der Waals surface area contributed by atoms with Gasteiger partial charge in [0.2, 0.25) is 0 Å². The van der Waals surface area contributed by atoms with Crippen molar-refractivity contribution in [2.45, 2.75) is 6.42 Å². The fraction of sp³-hybridized carbons (Fsp3) is 0.133. The standard InChI is InChI=1S/C15H14N4O/c1-2-4-12(5-3-1)13-6-8-14(9-7-13)20-11-10-15-16-18-19-17-15/h1-9H,10-11H2,(H,16,17,18,19). The van der Waals surface area contributed by atoms with Gasteiger partial charge in [0.05, 0.1) is 6.61 Å². The van der Waals surface area contributed by atoms with Crippen LogP contribution in [0.25, 0.3) is 11.1 Å². The number of nitrogens with zero attached hydrogens (tertiary/aromatic N) is 3. The molecule has 0 aliphatic carbocycles. The predicted molar refractivity (Wildman–Crippen MR) is 75.3 cm³/mol. The van der Waals surface area contributed by atoms with Gasteiger partial charge in [-0.15, -0.1) is 10.2 Å². The van der Waals surface area contributed by atoms with Crippen molar-refractivity contribution in [3.63, 3.8) is 0 Å². The van der Waals surface area contributed by atoms with E-state index in [4.69, 9.17) is 4.74 Å². The summed E-state index contributed by atoms with van der Waals surface area (Å²) >= 11 is 0. The molecular formula is C15H14N4O. The fourth-order valence-electron chi connectivity index (χ4n) is 1.92. The fourth-order valence-corrected chi connectivity index (χ4v) is 1.92. The number of H-pyrrole nitrogens is 1. The van der Waals surface area contributed by atoms with E-state index in [1.807, 2.05) is 30.3 Å². The van der Waals surface area contributed by atoms with Crippen LogP contribution in [0.5, 0.6) is 5.75 Å². The third-order valence-electron chi connectivity index (χ3n) is 2.95. The predicted octanol–water partition coefficient (Wildman–Crippen LogP) is 2.49. The molecule has 1 N–H and O–H groups in total. The molecule has 3 aromatic rings. The lowest BCUT2D eigenvalue weighted by atomic mass is 10.1. The van der Waals surface area contributed by atoms with Crippen LogP contribution in [0.2, 0.25) is 0 Å². The summed E-state index contributed by atoms with van der Waals surface area (Å²) in [5.74, 6) is 1.50. The van der Waals surface area contributed by atoms with Gasteiger partial charge >= 0.3 is 0 Å². The van der Waals surface area contributed by atoms with Crippen molar-refractivity contribution in [3.05, 3.63) is 60.4 Å². The van der Waals surface area contributed by atoms with Gasteiger partial charge in [-0.3, -0.25) is 0 Å². The van der Waals surface area contributed by atoms with Crippen molar-refractivity contribution in [3.8, 4) is 16.9 Å². The van der Waals surface area contributed by atoms with E-state index in [1.54, 1.807) is 0 Å². The average Bonchev–Trinajstić information content (AvgIpc) is 3.02. The Morgan fingerprint density at radius 3 is 2.35 bits per heavy atom. The number of nitrogens with one attached hydrogen (secondary N) is 1. The van der Waals surface area contributed by atoms with E-state index in [0.717, 1.165) is 5.75 Å². The van der Waals surface area contributed by atoms with Crippen molar-refractivity contribution >= 4 is 0 Å². The summed E-state index contributed by atoms with van der Waals surface area (Å²) in [5.41, 5.74) is 2.38. The van der Waals surface area contributed by atoms with Crippen molar-refractivity contribution in [2.24, 2.45) is 0 Å². The van der Waals surface area contributed by atoms with Crippen molar-refractivity contribution < 1.29 is 4.74 Å². The minimum atomic E-state index is 0.532. The van der Waals surface area contributed by atoms with Gasteiger partial charge in [0.1, 0.15) is 5.75 Å². The number of tetrazole rings is 1. The maximum absolute atomic E-state index is 5.65. The molecule has 0 unspecified atom stereocenters. The average molecular weight is 266 g/mol. The van der Waals surface area contributed by atoms with E-state index in [9.17, 15) is 0 Å². The van der Waals surface area contributed by atoms with E-state index in [2.05, 4.69) is 44.9 Å². The molecule has 0 fully saturated rings. The van der Waals surface area contributed by atoms with Gasteiger partial charge in [0.25, 0.3) is 0 Å². The van der Waals surface area contributed by atoms with Crippen molar-refractivity contribution in [1.82, 2.24) is 20.6 Å². The van der Waals surface area contributed by atoms with Crippen molar-refractivity contribution in [1.29, 1.82) is 0 Å². The highest BCUT2D eigenvalue weighted by molar-refractivity contribution is 5.63. The zero-order valence-corrected chi connectivity index (χ0v) is 10.9. The summed E-state index contributed by atoms with van der Waals surface area (Å²) in [7, 11) is 0. The molecule has 0 aliphatic rings. The van der Waals surface area contributed by atoms with Gasteiger partial charge in [-0.2, -0.15) is 5.21 Å². The van der Waals surface area contributed by atoms with E-state index in [0.29, 0.717) is 18.9 Å². The molecule has 1 heterocycles. The van der Waals surface area contributed by atoms with Gasteiger partial charge in [0, 0.05) is 6.42 Å². The normalized spacial score (nSPS) is 10.4. The number of aromatic nitrogens is 4. The Bertz CT molecular complexity index is 635. The molecule has 20 heavy (non-hydrogen) atoms. The van der Waals surface area contributed by atoms with Crippen LogP contribution >= 0.6 is 0 Å². The largest absolute Gasteiger partial charge is 0.493 e. The van der Waals surface area contributed by atoms with E-state index in [1.165, 1.54) is 11.1 Å². The quantitative estimate of drug-likeness (QED) is 0.770. The Labute approximate surface area is 116 Å². The maximum Gasteiger partial charge on any atom is 0.177 e. The molecule has 100 valence electrons. The van der Waals surface area contributed by atoms with Crippen LogP contribution in [0, 0.1) is 0 Å². The first-order valence-corrected chi connectivity index (χ1v) is 6.42. The summed E-state index contributed by atoms with van der Waals surface area (Å²) in [4.78, 5) is 0. The Morgan fingerprint density at radius 2 is 1.65 bits per heavy atom. The lowest BCUT2D eigenvalue weighted by Gasteiger charge is -2.06. The minimum absolute atomic E-state index is 0.532. The molecular weight excluding hydrogens is 252 g/mol. The zero-order valence-electron chi connectivity index (χ0n) is 10.9. The maximum atomic E-state index is 5.65. The summed E-state index contributed by atoms with van der Waals surface area (Å²) in [6.07, 6.45) is 0.636. The third kappa shape index (κ3) is 3.00. The highest BCUT2D eigenvalue weighted by atomic mass is 16.5.